The number of nitrogens with two attached hydrogens (primary N) is 1. The van der Waals surface area contributed by atoms with Crippen molar-refractivity contribution in [3.8, 4) is 11.5 Å². The predicted molar refractivity (Wildman–Crippen MR) is 133 cm³/mol. The summed E-state index contributed by atoms with van der Waals surface area (Å²) in [5.74, 6) is -2.05. The molecule has 1 heterocycles. The lowest BCUT2D eigenvalue weighted by Crippen LogP contribution is -2.40. The van der Waals surface area contributed by atoms with E-state index in [4.69, 9.17) is 15.2 Å². The molecule has 8 nitrogen and oxygen atoms in total. The van der Waals surface area contributed by atoms with E-state index in [9.17, 15) is 22.8 Å². The number of methoxy groups -OCH3 is 2. The molecule has 0 fully saturated rings. The van der Waals surface area contributed by atoms with Gasteiger partial charge >= 0.3 is 12.1 Å². The van der Waals surface area contributed by atoms with Crippen LogP contribution in [0, 0.1) is 0 Å². The normalized spacial score (nSPS) is 15.0. The van der Waals surface area contributed by atoms with Gasteiger partial charge in [-0.3, -0.25) is 14.9 Å². The first-order valence-corrected chi connectivity index (χ1v) is 12.2. The number of nitrogens with zero attached hydrogens (tertiary/aromatic N) is 2. The number of carbonyl (C=O) groups excluding carboxylic acids is 2. The molecule has 12 heteroatoms. The average Bonchev–Trinajstić information content (AvgIpc) is 3.27. The van der Waals surface area contributed by atoms with Crippen LogP contribution in [0.15, 0.2) is 42.5 Å². The molecular weight excluding hydrogens is 509 g/mol. The van der Waals surface area contributed by atoms with Gasteiger partial charge in [0.1, 0.15) is 0 Å². The molecule has 0 saturated heterocycles. The molecule has 0 radical (unpaired) electrons. The maximum absolute atomic E-state index is 13.5. The highest BCUT2D eigenvalue weighted by Gasteiger charge is 2.43. The Labute approximate surface area is 215 Å². The number of rotatable bonds is 7. The molecule has 1 aromatic heterocycles. The smallest absolute Gasteiger partial charge is 0.471 e. The summed E-state index contributed by atoms with van der Waals surface area (Å²) in [6.07, 6.45) is -2.83. The number of hydrogen-bond donors (Lipinski definition) is 2. The molecule has 3 N–H and O–H groups in total. The molecule has 0 unspecified atom stereocenters. The SMILES string of the molecule is COc1ccc(N(Cc2cccc(C(=O)Nc3nc4c(s3)C[C@H](N)CC4)c2)C(=O)C(F)(F)F)cc1OC. The summed E-state index contributed by atoms with van der Waals surface area (Å²) in [6.45, 7) is -0.432. The molecule has 1 atom stereocenters. The summed E-state index contributed by atoms with van der Waals surface area (Å²) in [4.78, 5) is 31.3. The summed E-state index contributed by atoms with van der Waals surface area (Å²) < 4.78 is 50.7. The van der Waals surface area contributed by atoms with Crippen LogP contribution in [0.4, 0.5) is 24.0 Å². The fourth-order valence-corrected chi connectivity index (χ4v) is 5.14. The minimum absolute atomic E-state index is 0.0404. The van der Waals surface area contributed by atoms with Gasteiger partial charge in [0, 0.05) is 28.2 Å². The van der Waals surface area contributed by atoms with Crippen LogP contribution in [0.5, 0.6) is 11.5 Å². The van der Waals surface area contributed by atoms with Gasteiger partial charge in [-0.1, -0.05) is 12.1 Å². The number of anilines is 2. The van der Waals surface area contributed by atoms with E-state index in [0.717, 1.165) is 23.4 Å². The van der Waals surface area contributed by atoms with Gasteiger partial charge in [0.25, 0.3) is 5.91 Å². The maximum atomic E-state index is 13.5. The number of aryl methyl sites for hydroxylation is 1. The lowest BCUT2D eigenvalue weighted by atomic mass is 9.99. The number of carbonyl (C=O) groups is 2. The largest absolute Gasteiger partial charge is 0.493 e. The van der Waals surface area contributed by atoms with Crippen molar-refractivity contribution in [2.45, 2.75) is 38.0 Å². The molecule has 4 rings (SSSR count). The minimum Gasteiger partial charge on any atom is -0.493 e. The number of aromatic nitrogens is 1. The van der Waals surface area contributed by atoms with E-state index in [1.54, 1.807) is 6.07 Å². The molecular formula is C25H25F3N4O4S. The molecule has 37 heavy (non-hydrogen) atoms. The number of thiazole rings is 1. The number of amides is 2. The molecule has 1 aliphatic carbocycles. The molecule has 3 aromatic rings. The number of nitrogens with one attached hydrogen (secondary N) is 1. The summed E-state index contributed by atoms with van der Waals surface area (Å²) in [7, 11) is 2.73. The second-order valence-corrected chi connectivity index (χ2v) is 9.56. The van der Waals surface area contributed by atoms with Crippen molar-refractivity contribution in [1.82, 2.24) is 4.98 Å². The second kappa shape index (κ2) is 10.8. The van der Waals surface area contributed by atoms with E-state index in [1.165, 1.54) is 62.0 Å². The summed E-state index contributed by atoms with van der Waals surface area (Å²) >= 11 is 1.36. The molecule has 0 aliphatic heterocycles. The van der Waals surface area contributed by atoms with Crippen LogP contribution >= 0.6 is 11.3 Å². The lowest BCUT2D eigenvalue weighted by molar-refractivity contribution is -0.170. The number of ether oxygens (including phenoxy) is 2. The van der Waals surface area contributed by atoms with Gasteiger partial charge in [0.15, 0.2) is 16.6 Å². The number of benzene rings is 2. The molecule has 0 bridgehead atoms. The first-order valence-electron chi connectivity index (χ1n) is 11.3. The van der Waals surface area contributed by atoms with Crippen LogP contribution < -0.4 is 25.4 Å². The van der Waals surface area contributed by atoms with Gasteiger partial charge in [-0.25, -0.2) is 4.98 Å². The summed E-state index contributed by atoms with van der Waals surface area (Å²) in [5.41, 5.74) is 7.43. The quantitative estimate of drug-likeness (QED) is 0.468. The Kier molecular flexibility index (Phi) is 7.69. The minimum atomic E-state index is -5.12. The predicted octanol–water partition coefficient (Wildman–Crippen LogP) is 4.32. The highest BCUT2D eigenvalue weighted by atomic mass is 32.1. The monoisotopic (exact) mass is 534 g/mol. The first-order chi connectivity index (χ1) is 17.6. The van der Waals surface area contributed by atoms with Crippen LogP contribution in [0.1, 0.15) is 32.9 Å². The van der Waals surface area contributed by atoms with Crippen molar-refractivity contribution in [2.75, 3.05) is 24.4 Å². The Bertz CT molecular complexity index is 1310. The van der Waals surface area contributed by atoms with Gasteiger partial charge in [-0.05, 0) is 49.1 Å². The fourth-order valence-electron chi connectivity index (χ4n) is 4.04. The van der Waals surface area contributed by atoms with Crippen molar-refractivity contribution < 1.29 is 32.2 Å². The van der Waals surface area contributed by atoms with E-state index >= 15 is 0 Å². The molecule has 0 saturated carbocycles. The number of hydrogen-bond acceptors (Lipinski definition) is 7. The van der Waals surface area contributed by atoms with Crippen molar-refractivity contribution >= 4 is 34.0 Å². The Balaban J connectivity index is 1.57. The number of fused-ring (bicyclic) bond motifs is 1. The third-order valence-corrected chi connectivity index (χ3v) is 6.93. The topological polar surface area (TPSA) is 107 Å². The third kappa shape index (κ3) is 6.03. The highest BCUT2D eigenvalue weighted by Crippen LogP contribution is 2.34. The van der Waals surface area contributed by atoms with E-state index < -0.39 is 24.5 Å². The number of alkyl halides is 3. The van der Waals surface area contributed by atoms with E-state index in [0.29, 0.717) is 27.8 Å². The van der Waals surface area contributed by atoms with Crippen LogP contribution in [0.25, 0.3) is 0 Å². The number of halogens is 3. The Morgan fingerprint density at radius 3 is 2.62 bits per heavy atom. The van der Waals surface area contributed by atoms with Gasteiger partial charge < -0.3 is 20.1 Å². The van der Waals surface area contributed by atoms with Gasteiger partial charge in [0.2, 0.25) is 0 Å². The Morgan fingerprint density at radius 1 is 1.16 bits per heavy atom. The zero-order valence-electron chi connectivity index (χ0n) is 20.1. The van der Waals surface area contributed by atoms with Crippen LogP contribution in [-0.4, -0.2) is 43.2 Å². The van der Waals surface area contributed by atoms with E-state index in [1.807, 2.05) is 0 Å². The van der Waals surface area contributed by atoms with Crippen molar-refractivity contribution in [1.29, 1.82) is 0 Å². The highest BCUT2D eigenvalue weighted by molar-refractivity contribution is 7.15. The fraction of sp³-hybridized carbons (Fsp3) is 0.320. The molecule has 2 aromatic carbocycles. The first kappa shape index (κ1) is 26.4. The van der Waals surface area contributed by atoms with E-state index in [-0.39, 0.29) is 23.0 Å². The molecule has 0 spiro atoms. The van der Waals surface area contributed by atoms with Gasteiger partial charge in [0.05, 0.1) is 26.5 Å². The van der Waals surface area contributed by atoms with Crippen molar-refractivity contribution in [2.24, 2.45) is 5.73 Å². The van der Waals surface area contributed by atoms with E-state index in [2.05, 4.69) is 10.3 Å². The molecule has 2 amide bonds. The second-order valence-electron chi connectivity index (χ2n) is 8.47. The Hall–Kier alpha value is -3.64. The molecule has 196 valence electrons. The van der Waals surface area contributed by atoms with Crippen LogP contribution in [-0.2, 0) is 24.2 Å². The van der Waals surface area contributed by atoms with Gasteiger partial charge in [-0.15, -0.1) is 11.3 Å². The Morgan fingerprint density at radius 2 is 1.92 bits per heavy atom. The molecule has 1 aliphatic rings. The van der Waals surface area contributed by atoms with Crippen molar-refractivity contribution in [3.63, 3.8) is 0 Å². The maximum Gasteiger partial charge on any atom is 0.471 e. The van der Waals surface area contributed by atoms with Crippen molar-refractivity contribution in [3.05, 3.63) is 64.2 Å². The standard InChI is InChI=1S/C25H25F3N4O4S/c1-35-19-9-7-17(12-20(19)36-2)32(23(34)25(26,27)28)13-14-4-3-5-15(10-14)22(33)31-24-30-18-8-6-16(29)11-21(18)37-24/h3-5,7,9-10,12,16H,6,8,11,13,29H2,1-2H3,(H,30,31,33)/t16-/m1/s1. The van der Waals surface area contributed by atoms with Gasteiger partial charge in [-0.2, -0.15) is 13.2 Å². The zero-order chi connectivity index (χ0) is 26.7. The van der Waals surface area contributed by atoms with Crippen LogP contribution in [0.3, 0.4) is 0 Å². The third-order valence-electron chi connectivity index (χ3n) is 5.89. The van der Waals surface area contributed by atoms with Crippen LogP contribution in [0.2, 0.25) is 0 Å². The average molecular weight is 535 g/mol. The zero-order valence-corrected chi connectivity index (χ0v) is 20.9. The summed E-state index contributed by atoms with van der Waals surface area (Å²) in [5, 5.41) is 3.19. The lowest BCUT2D eigenvalue weighted by Gasteiger charge is -2.25. The summed E-state index contributed by atoms with van der Waals surface area (Å²) in [6, 6.07) is 10.2.